The molecule has 1 aromatic carbocycles. The quantitative estimate of drug-likeness (QED) is 0.848. The molecule has 118 valence electrons. The van der Waals surface area contributed by atoms with Gasteiger partial charge in [-0.1, -0.05) is 44.2 Å². The molecule has 0 bridgehead atoms. The van der Waals surface area contributed by atoms with Crippen molar-refractivity contribution in [3.63, 3.8) is 0 Å². The van der Waals surface area contributed by atoms with Gasteiger partial charge >= 0.3 is 0 Å². The fourth-order valence-corrected chi connectivity index (χ4v) is 2.79. The van der Waals surface area contributed by atoms with Crippen LogP contribution in [0, 0.1) is 11.8 Å². The van der Waals surface area contributed by atoms with Crippen molar-refractivity contribution in [2.75, 3.05) is 13.1 Å². The predicted octanol–water partition coefficient (Wildman–Crippen LogP) is 2.79. The standard InChI is InChI=1S/C17H26N2O.ClH/c1-13(2)16(11-14-7-4-3-5-8-14)17(20)19-12-15-9-6-10-18-15;/h3-5,7-8,13,15-16,18H,6,9-12H2,1-2H3,(H,19,20);1H. The highest BCUT2D eigenvalue weighted by Gasteiger charge is 2.23. The van der Waals surface area contributed by atoms with Crippen LogP contribution in [-0.4, -0.2) is 25.0 Å². The lowest BCUT2D eigenvalue weighted by Crippen LogP contribution is -2.41. The first-order valence-corrected chi connectivity index (χ1v) is 7.72. The molecule has 0 saturated carbocycles. The monoisotopic (exact) mass is 310 g/mol. The van der Waals surface area contributed by atoms with Crippen molar-refractivity contribution in [1.29, 1.82) is 0 Å². The van der Waals surface area contributed by atoms with E-state index in [0.717, 1.165) is 19.5 Å². The molecule has 1 aromatic rings. The van der Waals surface area contributed by atoms with E-state index in [1.807, 2.05) is 18.2 Å². The fourth-order valence-electron chi connectivity index (χ4n) is 2.79. The Morgan fingerprint density at radius 2 is 2.05 bits per heavy atom. The molecule has 0 aromatic heterocycles. The third-order valence-electron chi connectivity index (χ3n) is 4.13. The first-order chi connectivity index (χ1) is 9.66. The summed E-state index contributed by atoms with van der Waals surface area (Å²) in [4.78, 5) is 12.4. The van der Waals surface area contributed by atoms with Gasteiger partial charge in [0.2, 0.25) is 5.91 Å². The van der Waals surface area contributed by atoms with Gasteiger partial charge in [0.15, 0.2) is 0 Å². The molecular formula is C17H27ClN2O. The molecule has 1 amide bonds. The van der Waals surface area contributed by atoms with Crippen molar-refractivity contribution >= 4 is 18.3 Å². The largest absolute Gasteiger partial charge is 0.354 e. The highest BCUT2D eigenvalue weighted by atomic mass is 35.5. The molecule has 0 radical (unpaired) electrons. The van der Waals surface area contributed by atoms with Crippen molar-refractivity contribution in [2.24, 2.45) is 11.8 Å². The van der Waals surface area contributed by atoms with Crippen LogP contribution in [0.2, 0.25) is 0 Å². The minimum Gasteiger partial charge on any atom is -0.354 e. The molecule has 2 N–H and O–H groups in total. The molecule has 0 aliphatic carbocycles. The van der Waals surface area contributed by atoms with Crippen LogP contribution in [0.1, 0.15) is 32.3 Å². The summed E-state index contributed by atoms with van der Waals surface area (Å²) >= 11 is 0. The van der Waals surface area contributed by atoms with E-state index in [-0.39, 0.29) is 24.2 Å². The Labute approximate surface area is 134 Å². The maximum atomic E-state index is 12.4. The molecule has 2 atom stereocenters. The molecule has 0 spiro atoms. The van der Waals surface area contributed by atoms with E-state index in [0.29, 0.717) is 12.0 Å². The molecule has 2 rings (SSSR count). The van der Waals surface area contributed by atoms with E-state index in [4.69, 9.17) is 0 Å². The van der Waals surface area contributed by atoms with Gasteiger partial charge in [0.1, 0.15) is 0 Å². The van der Waals surface area contributed by atoms with Crippen LogP contribution in [0.15, 0.2) is 30.3 Å². The summed E-state index contributed by atoms with van der Waals surface area (Å²) in [5.41, 5.74) is 1.24. The van der Waals surface area contributed by atoms with Crippen LogP contribution < -0.4 is 10.6 Å². The lowest BCUT2D eigenvalue weighted by Gasteiger charge is -2.21. The number of nitrogens with one attached hydrogen (secondary N) is 2. The molecule has 4 heteroatoms. The average molecular weight is 311 g/mol. The molecule has 1 fully saturated rings. The summed E-state index contributed by atoms with van der Waals surface area (Å²) < 4.78 is 0. The minimum atomic E-state index is 0. The van der Waals surface area contributed by atoms with Gasteiger partial charge < -0.3 is 10.6 Å². The van der Waals surface area contributed by atoms with E-state index >= 15 is 0 Å². The van der Waals surface area contributed by atoms with Crippen molar-refractivity contribution in [3.8, 4) is 0 Å². The number of carbonyl (C=O) groups excluding carboxylic acids is 1. The maximum absolute atomic E-state index is 12.4. The molecule has 21 heavy (non-hydrogen) atoms. The molecule has 1 aliphatic heterocycles. The van der Waals surface area contributed by atoms with Gasteiger partial charge in [0.05, 0.1) is 0 Å². The Bertz CT molecular complexity index is 416. The molecule has 1 saturated heterocycles. The second-order valence-corrected chi connectivity index (χ2v) is 6.08. The Hall–Kier alpha value is -1.06. The molecule has 3 nitrogen and oxygen atoms in total. The molecule has 1 aliphatic rings. The summed E-state index contributed by atoms with van der Waals surface area (Å²) in [6.45, 7) is 6.09. The number of benzene rings is 1. The average Bonchev–Trinajstić information content (AvgIpc) is 2.96. The predicted molar refractivity (Wildman–Crippen MR) is 89.8 cm³/mol. The number of rotatable bonds is 6. The number of hydrogen-bond donors (Lipinski definition) is 2. The number of halogens is 1. The Kier molecular flexibility index (Phi) is 7.76. The zero-order valence-corrected chi connectivity index (χ0v) is 13.8. The Balaban J connectivity index is 0.00000220. The van der Waals surface area contributed by atoms with Crippen LogP contribution in [-0.2, 0) is 11.2 Å². The van der Waals surface area contributed by atoms with Crippen LogP contribution >= 0.6 is 12.4 Å². The van der Waals surface area contributed by atoms with Crippen LogP contribution in [0.4, 0.5) is 0 Å². The Morgan fingerprint density at radius 3 is 2.62 bits per heavy atom. The van der Waals surface area contributed by atoms with Crippen LogP contribution in [0.25, 0.3) is 0 Å². The zero-order valence-electron chi connectivity index (χ0n) is 13.0. The van der Waals surface area contributed by atoms with E-state index in [1.165, 1.54) is 18.4 Å². The van der Waals surface area contributed by atoms with Gasteiger partial charge in [-0.15, -0.1) is 12.4 Å². The van der Waals surface area contributed by atoms with E-state index in [9.17, 15) is 4.79 Å². The number of carbonyl (C=O) groups is 1. The van der Waals surface area contributed by atoms with E-state index in [1.54, 1.807) is 0 Å². The summed E-state index contributed by atoms with van der Waals surface area (Å²) in [5.74, 6) is 0.600. The zero-order chi connectivity index (χ0) is 14.4. The second-order valence-electron chi connectivity index (χ2n) is 6.08. The van der Waals surface area contributed by atoms with E-state index in [2.05, 4.69) is 36.6 Å². The summed E-state index contributed by atoms with van der Waals surface area (Å²) in [6, 6.07) is 10.7. The molecule has 1 heterocycles. The van der Waals surface area contributed by atoms with Crippen molar-refractivity contribution in [3.05, 3.63) is 35.9 Å². The maximum Gasteiger partial charge on any atom is 0.223 e. The van der Waals surface area contributed by atoms with Crippen LogP contribution in [0.5, 0.6) is 0 Å². The Morgan fingerprint density at radius 1 is 1.33 bits per heavy atom. The third kappa shape index (κ3) is 5.68. The summed E-state index contributed by atoms with van der Waals surface area (Å²) in [7, 11) is 0. The van der Waals surface area contributed by atoms with E-state index < -0.39 is 0 Å². The van der Waals surface area contributed by atoms with Gasteiger partial charge in [-0.25, -0.2) is 0 Å². The lowest BCUT2D eigenvalue weighted by molar-refractivity contribution is -0.126. The van der Waals surface area contributed by atoms with Crippen molar-refractivity contribution in [1.82, 2.24) is 10.6 Å². The minimum absolute atomic E-state index is 0. The highest BCUT2D eigenvalue weighted by Crippen LogP contribution is 2.17. The lowest BCUT2D eigenvalue weighted by atomic mass is 9.88. The summed E-state index contributed by atoms with van der Waals surface area (Å²) in [5, 5.41) is 6.54. The first kappa shape index (κ1) is 18.0. The second kappa shape index (κ2) is 9.06. The number of hydrogen-bond acceptors (Lipinski definition) is 2. The first-order valence-electron chi connectivity index (χ1n) is 7.72. The topological polar surface area (TPSA) is 41.1 Å². The molecule has 2 unspecified atom stereocenters. The van der Waals surface area contributed by atoms with Crippen LogP contribution in [0.3, 0.4) is 0 Å². The normalized spacial score (nSPS) is 19.1. The smallest absolute Gasteiger partial charge is 0.223 e. The number of amides is 1. The van der Waals surface area contributed by atoms with Gasteiger partial charge in [0.25, 0.3) is 0 Å². The SMILES string of the molecule is CC(C)C(Cc1ccccc1)C(=O)NCC1CCCN1.Cl. The van der Waals surface area contributed by atoms with Gasteiger partial charge in [-0.05, 0) is 37.3 Å². The van der Waals surface area contributed by atoms with Gasteiger partial charge in [0, 0.05) is 18.5 Å². The third-order valence-corrected chi connectivity index (χ3v) is 4.13. The van der Waals surface area contributed by atoms with Gasteiger partial charge in [-0.2, -0.15) is 0 Å². The highest BCUT2D eigenvalue weighted by molar-refractivity contribution is 5.85. The summed E-state index contributed by atoms with van der Waals surface area (Å²) in [6.07, 6.45) is 3.21. The molecular weight excluding hydrogens is 284 g/mol. The van der Waals surface area contributed by atoms with Crippen molar-refractivity contribution in [2.45, 2.75) is 39.2 Å². The fraction of sp³-hybridized carbons (Fsp3) is 0.588. The van der Waals surface area contributed by atoms with Crippen molar-refractivity contribution < 1.29 is 4.79 Å². The van der Waals surface area contributed by atoms with Gasteiger partial charge in [-0.3, -0.25) is 4.79 Å².